The Morgan fingerprint density at radius 1 is 1.03 bits per heavy atom. The Kier molecular flexibility index (Phi) is 6.36. The van der Waals surface area contributed by atoms with E-state index in [9.17, 15) is 22.8 Å². The van der Waals surface area contributed by atoms with E-state index in [0.29, 0.717) is 18.0 Å². The largest absolute Gasteiger partial charge is 0.444 e. The van der Waals surface area contributed by atoms with E-state index in [2.05, 4.69) is 5.32 Å². The van der Waals surface area contributed by atoms with Crippen LogP contribution in [0.3, 0.4) is 0 Å². The molecule has 1 aliphatic heterocycles. The van der Waals surface area contributed by atoms with Crippen molar-refractivity contribution in [2.24, 2.45) is 11.8 Å². The van der Waals surface area contributed by atoms with Gasteiger partial charge in [-0.1, -0.05) is 30.3 Å². The zero-order chi connectivity index (χ0) is 24.7. The molecule has 34 heavy (non-hydrogen) atoms. The number of halogens is 3. The van der Waals surface area contributed by atoms with E-state index >= 15 is 0 Å². The number of benzene rings is 2. The minimum Gasteiger partial charge on any atom is -0.444 e. The first-order chi connectivity index (χ1) is 15.9. The van der Waals surface area contributed by atoms with Crippen molar-refractivity contribution in [2.75, 3.05) is 6.54 Å². The molecule has 1 N–H and O–H groups in total. The lowest BCUT2D eigenvalue weighted by atomic mass is 9.73. The normalized spacial score (nSPS) is 22.1. The highest BCUT2D eigenvalue weighted by atomic mass is 19.4. The van der Waals surface area contributed by atoms with Crippen molar-refractivity contribution in [3.63, 3.8) is 0 Å². The minimum atomic E-state index is -4.38. The quantitative estimate of drug-likeness (QED) is 0.625. The van der Waals surface area contributed by atoms with Gasteiger partial charge in [0.15, 0.2) is 0 Å². The molecule has 0 radical (unpaired) electrons. The molecule has 8 heteroatoms. The summed E-state index contributed by atoms with van der Waals surface area (Å²) in [6.07, 6.45) is -2.93. The van der Waals surface area contributed by atoms with Gasteiger partial charge < -0.3 is 10.1 Å². The van der Waals surface area contributed by atoms with Crippen LogP contribution in [0.25, 0.3) is 11.1 Å². The predicted octanol–water partition coefficient (Wildman–Crippen LogP) is 5.63. The van der Waals surface area contributed by atoms with Crippen molar-refractivity contribution >= 4 is 12.0 Å². The summed E-state index contributed by atoms with van der Waals surface area (Å²) in [7, 11) is 0. The molecule has 0 aromatic heterocycles. The second-order valence-electron chi connectivity index (χ2n) is 10.1. The van der Waals surface area contributed by atoms with Crippen LogP contribution in [-0.4, -0.2) is 35.1 Å². The van der Waals surface area contributed by atoms with Crippen LogP contribution in [0.4, 0.5) is 18.0 Å². The topological polar surface area (TPSA) is 58.6 Å². The van der Waals surface area contributed by atoms with Crippen molar-refractivity contribution in [3.05, 3.63) is 59.7 Å². The Labute approximate surface area is 197 Å². The van der Waals surface area contributed by atoms with Gasteiger partial charge in [0.25, 0.3) is 0 Å². The standard InChI is InChI=1S/C26H29F3N2O3/c1-25(2,3)34-24(33)31-15-19-9-12-21(19)22(31)23(32)30-14-16-5-4-6-18(13-16)17-7-10-20(11-8-17)26(27,28)29/h4-8,10-11,13,19,21-22H,9,12,14-15H2,1-3H3,(H,30,32). The van der Waals surface area contributed by atoms with Gasteiger partial charge in [0.05, 0.1) is 5.56 Å². The Morgan fingerprint density at radius 2 is 1.74 bits per heavy atom. The van der Waals surface area contributed by atoms with E-state index in [1.165, 1.54) is 12.1 Å². The maximum absolute atomic E-state index is 13.1. The summed E-state index contributed by atoms with van der Waals surface area (Å²) in [4.78, 5) is 27.4. The van der Waals surface area contributed by atoms with Crippen molar-refractivity contribution in [2.45, 2.75) is 58.0 Å². The highest BCUT2D eigenvalue weighted by Gasteiger charge is 2.52. The molecule has 2 fully saturated rings. The highest BCUT2D eigenvalue weighted by Crippen LogP contribution is 2.45. The van der Waals surface area contributed by atoms with Gasteiger partial charge >= 0.3 is 12.3 Å². The number of hydrogen-bond donors (Lipinski definition) is 1. The van der Waals surface area contributed by atoms with E-state index in [1.54, 1.807) is 31.7 Å². The van der Waals surface area contributed by atoms with Crippen LogP contribution >= 0.6 is 0 Å². The van der Waals surface area contributed by atoms with Crippen molar-refractivity contribution in [3.8, 4) is 11.1 Å². The Hall–Kier alpha value is -3.03. The smallest absolute Gasteiger partial charge is 0.416 e. The highest BCUT2D eigenvalue weighted by molar-refractivity contribution is 5.87. The molecule has 2 aliphatic rings. The molecule has 5 nitrogen and oxygen atoms in total. The first-order valence-electron chi connectivity index (χ1n) is 11.5. The molecule has 2 aromatic carbocycles. The molecule has 1 saturated carbocycles. The fourth-order valence-corrected chi connectivity index (χ4v) is 4.69. The zero-order valence-corrected chi connectivity index (χ0v) is 19.5. The summed E-state index contributed by atoms with van der Waals surface area (Å²) in [5, 5.41) is 2.94. The van der Waals surface area contributed by atoms with Gasteiger partial charge in [-0.25, -0.2) is 4.79 Å². The van der Waals surface area contributed by atoms with Crippen molar-refractivity contribution in [1.29, 1.82) is 0 Å². The number of amides is 2. The number of hydrogen-bond acceptors (Lipinski definition) is 3. The molecule has 1 aliphatic carbocycles. The molecule has 0 bridgehead atoms. The van der Waals surface area contributed by atoms with Crippen LogP contribution in [0.15, 0.2) is 48.5 Å². The molecular weight excluding hydrogens is 445 g/mol. The zero-order valence-electron chi connectivity index (χ0n) is 19.5. The predicted molar refractivity (Wildman–Crippen MR) is 122 cm³/mol. The summed E-state index contributed by atoms with van der Waals surface area (Å²) in [5.74, 6) is 0.259. The fraction of sp³-hybridized carbons (Fsp3) is 0.462. The van der Waals surface area contributed by atoms with Gasteiger partial charge in [0.2, 0.25) is 5.91 Å². The summed E-state index contributed by atoms with van der Waals surface area (Å²) in [6.45, 7) is 6.18. The van der Waals surface area contributed by atoms with Crippen LogP contribution in [-0.2, 0) is 22.3 Å². The van der Waals surface area contributed by atoms with Crippen LogP contribution in [0.1, 0.15) is 44.7 Å². The van der Waals surface area contributed by atoms with Crippen LogP contribution in [0, 0.1) is 11.8 Å². The van der Waals surface area contributed by atoms with E-state index in [-0.39, 0.29) is 18.4 Å². The first-order valence-corrected chi connectivity index (χ1v) is 11.5. The first kappa shape index (κ1) is 24.1. The second kappa shape index (κ2) is 8.96. The lowest BCUT2D eigenvalue weighted by molar-refractivity contribution is -0.137. The van der Waals surface area contributed by atoms with Gasteiger partial charge in [0, 0.05) is 13.1 Å². The van der Waals surface area contributed by atoms with Gasteiger partial charge in [-0.15, -0.1) is 0 Å². The molecule has 182 valence electrons. The van der Waals surface area contributed by atoms with E-state index < -0.39 is 29.5 Å². The van der Waals surface area contributed by atoms with Gasteiger partial charge in [-0.3, -0.25) is 9.69 Å². The van der Waals surface area contributed by atoms with Gasteiger partial charge in [-0.05, 0) is 80.3 Å². The molecular formula is C26H29F3N2O3. The molecule has 1 saturated heterocycles. The number of rotatable bonds is 4. The van der Waals surface area contributed by atoms with Gasteiger partial charge in [0.1, 0.15) is 11.6 Å². The number of likely N-dealkylation sites (tertiary alicyclic amines) is 1. The van der Waals surface area contributed by atoms with Crippen LogP contribution < -0.4 is 5.32 Å². The fourth-order valence-electron chi connectivity index (χ4n) is 4.69. The molecule has 3 unspecified atom stereocenters. The van der Waals surface area contributed by atoms with E-state index in [0.717, 1.165) is 36.1 Å². The number of nitrogens with zero attached hydrogens (tertiary/aromatic N) is 1. The van der Waals surface area contributed by atoms with Crippen molar-refractivity contribution < 1.29 is 27.5 Å². The summed E-state index contributed by atoms with van der Waals surface area (Å²) in [6, 6.07) is 11.8. The Morgan fingerprint density at radius 3 is 2.32 bits per heavy atom. The number of fused-ring (bicyclic) bond motifs is 1. The molecule has 4 rings (SSSR count). The summed E-state index contributed by atoms with van der Waals surface area (Å²) in [5.41, 5.74) is 0.900. The van der Waals surface area contributed by atoms with Crippen LogP contribution in [0.5, 0.6) is 0 Å². The molecule has 2 aromatic rings. The van der Waals surface area contributed by atoms with Gasteiger partial charge in [-0.2, -0.15) is 13.2 Å². The summed E-state index contributed by atoms with van der Waals surface area (Å²) >= 11 is 0. The van der Waals surface area contributed by atoms with E-state index in [4.69, 9.17) is 4.74 Å². The third-order valence-corrected chi connectivity index (χ3v) is 6.48. The minimum absolute atomic E-state index is 0.144. The third kappa shape index (κ3) is 5.21. The SMILES string of the molecule is CC(C)(C)OC(=O)N1CC2CCC2C1C(=O)NCc1cccc(-c2ccc(C(F)(F)F)cc2)c1. The van der Waals surface area contributed by atoms with Crippen LogP contribution in [0.2, 0.25) is 0 Å². The number of alkyl halides is 3. The molecule has 1 heterocycles. The molecule has 2 amide bonds. The maximum Gasteiger partial charge on any atom is 0.416 e. The number of ether oxygens (including phenoxy) is 1. The molecule has 0 spiro atoms. The maximum atomic E-state index is 13.1. The number of carbonyl (C=O) groups is 2. The van der Waals surface area contributed by atoms with Crippen molar-refractivity contribution in [1.82, 2.24) is 10.2 Å². The Balaban J connectivity index is 1.43. The monoisotopic (exact) mass is 474 g/mol. The van der Waals surface area contributed by atoms with E-state index in [1.807, 2.05) is 18.2 Å². The molecule has 3 atom stereocenters. The number of carbonyl (C=O) groups excluding carboxylic acids is 2. The second-order valence-corrected chi connectivity index (χ2v) is 10.1. The third-order valence-electron chi connectivity index (χ3n) is 6.48. The summed E-state index contributed by atoms with van der Waals surface area (Å²) < 4.78 is 44.0. The lowest BCUT2D eigenvalue weighted by Gasteiger charge is -2.33. The Bertz CT molecular complexity index is 1060. The average molecular weight is 475 g/mol. The number of nitrogens with one attached hydrogen (secondary N) is 1. The average Bonchev–Trinajstić information content (AvgIpc) is 3.01. The lowest BCUT2D eigenvalue weighted by Crippen LogP contribution is -2.50.